The second-order valence-corrected chi connectivity index (χ2v) is 11.0. The lowest BCUT2D eigenvalue weighted by Gasteiger charge is -2.47. The first kappa shape index (κ1) is 30.3. The monoisotopic (exact) mass is 674 g/mol. The van der Waals surface area contributed by atoms with Crippen LogP contribution in [0.1, 0.15) is 19.4 Å². The summed E-state index contributed by atoms with van der Waals surface area (Å²) in [7, 11) is 0. The number of nitrogens with two attached hydrogens (primary N) is 1. The van der Waals surface area contributed by atoms with Gasteiger partial charge in [0.1, 0.15) is 37.8 Å². The Morgan fingerprint density at radius 2 is 1.95 bits per heavy atom. The number of aromatic nitrogens is 1. The van der Waals surface area contributed by atoms with Gasteiger partial charge in [-0.2, -0.15) is 4.89 Å². The molecule has 4 atom stereocenters. The van der Waals surface area contributed by atoms with Gasteiger partial charge in [0.25, 0.3) is 5.82 Å². The van der Waals surface area contributed by atoms with Gasteiger partial charge in [0.05, 0.1) is 27.6 Å². The number of ether oxygens (including phenoxy) is 2. The van der Waals surface area contributed by atoms with Crippen LogP contribution in [0.5, 0.6) is 5.75 Å². The zero-order valence-electron chi connectivity index (χ0n) is 23.0. The number of benzene rings is 1. The molecule has 4 unspecified atom stereocenters. The molecule has 2 aliphatic heterocycles. The fourth-order valence-electron chi connectivity index (χ4n) is 5.15. The highest BCUT2D eigenvalue weighted by Crippen LogP contribution is 2.49. The smallest absolute Gasteiger partial charge is 0.355 e. The van der Waals surface area contributed by atoms with Crippen LogP contribution in [0.15, 0.2) is 79.2 Å². The SMILES string of the molecule is C=CCOOC(=O)C(C)C1C(=O)N2C(C(=O)OCC=C)=C(COc3ccc(C[n+]4ccccc4N)cc3I)C(C)C12. The number of halogens is 1. The molecule has 1 aromatic heterocycles. The molecule has 0 saturated carbocycles. The van der Waals surface area contributed by atoms with Gasteiger partial charge in [-0.05, 0) is 46.4 Å². The van der Waals surface area contributed by atoms with Crippen molar-refractivity contribution in [3.63, 3.8) is 0 Å². The highest BCUT2D eigenvalue weighted by atomic mass is 127. The number of pyridine rings is 1. The molecule has 11 heteroatoms. The molecule has 41 heavy (non-hydrogen) atoms. The third-order valence-corrected chi connectivity index (χ3v) is 8.11. The van der Waals surface area contributed by atoms with Crippen LogP contribution in [-0.2, 0) is 35.4 Å². The maximum Gasteiger partial charge on any atom is 0.355 e. The first-order valence-corrected chi connectivity index (χ1v) is 14.2. The third kappa shape index (κ3) is 6.30. The van der Waals surface area contributed by atoms with Crippen molar-refractivity contribution in [2.75, 3.05) is 25.6 Å². The van der Waals surface area contributed by atoms with Gasteiger partial charge in [0, 0.05) is 17.6 Å². The molecule has 216 valence electrons. The quantitative estimate of drug-likeness (QED) is 0.0503. The minimum Gasteiger partial charge on any atom is -0.488 e. The average molecular weight is 675 g/mol. The summed E-state index contributed by atoms with van der Waals surface area (Å²) in [5.74, 6) is -2.12. The van der Waals surface area contributed by atoms with E-state index in [1.54, 1.807) is 6.92 Å². The van der Waals surface area contributed by atoms with Gasteiger partial charge in [-0.1, -0.05) is 44.7 Å². The van der Waals surface area contributed by atoms with Crippen LogP contribution in [-0.4, -0.2) is 48.6 Å². The van der Waals surface area contributed by atoms with Crippen molar-refractivity contribution < 1.29 is 38.2 Å². The lowest BCUT2D eigenvalue weighted by atomic mass is 9.74. The van der Waals surface area contributed by atoms with E-state index in [0.29, 0.717) is 23.7 Å². The zero-order chi connectivity index (χ0) is 29.7. The summed E-state index contributed by atoms with van der Waals surface area (Å²) in [5.41, 5.74) is 7.88. The maximum absolute atomic E-state index is 13.3. The van der Waals surface area contributed by atoms with Crippen molar-refractivity contribution in [1.29, 1.82) is 0 Å². The number of amides is 1. The maximum atomic E-state index is 13.3. The van der Waals surface area contributed by atoms with Crippen LogP contribution in [0.4, 0.5) is 5.82 Å². The molecule has 0 bridgehead atoms. The van der Waals surface area contributed by atoms with Crippen LogP contribution in [0.25, 0.3) is 0 Å². The Kier molecular flexibility index (Phi) is 9.81. The van der Waals surface area contributed by atoms with Crippen molar-refractivity contribution >= 4 is 46.3 Å². The van der Waals surface area contributed by atoms with Gasteiger partial charge in [0.2, 0.25) is 5.91 Å². The van der Waals surface area contributed by atoms with Crippen LogP contribution < -0.4 is 15.0 Å². The molecule has 1 fully saturated rings. The Morgan fingerprint density at radius 1 is 1.20 bits per heavy atom. The van der Waals surface area contributed by atoms with E-state index >= 15 is 0 Å². The van der Waals surface area contributed by atoms with Crippen molar-refractivity contribution in [3.8, 4) is 5.75 Å². The molecule has 1 saturated heterocycles. The van der Waals surface area contributed by atoms with Crippen LogP contribution in [0.2, 0.25) is 0 Å². The lowest BCUT2D eigenvalue weighted by Crippen LogP contribution is -2.63. The molecule has 3 heterocycles. The van der Waals surface area contributed by atoms with Crippen molar-refractivity contribution in [2.45, 2.75) is 26.4 Å². The number of carbonyl (C=O) groups excluding carboxylic acids is 3. The summed E-state index contributed by atoms with van der Waals surface area (Å²) in [4.78, 5) is 50.0. The number of β-lactam (4-membered cyclic amide) rings is 1. The fourth-order valence-corrected chi connectivity index (χ4v) is 5.89. The summed E-state index contributed by atoms with van der Waals surface area (Å²) in [6.07, 6.45) is 4.82. The third-order valence-electron chi connectivity index (χ3n) is 7.27. The fraction of sp³-hybridized carbons (Fsp3) is 0.333. The van der Waals surface area contributed by atoms with E-state index in [4.69, 9.17) is 25.0 Å². The first-order chi connectivity index (χ1) is 19.7. The number of hydrogen-bond acceptors (Lipinski definition) is 8. The molecule has 4 rings (SSSR count). The van der Waals surface area contributed by atoms with E-state index in [1.807, 2.05) is 54.1 Å². The molecule has 1 aromatic carbocycles. The standard InChI is InChI=1S/C30H32IN3O7/c1-5-13-38-30(37)27-21(18(3)26-25(28(35)34(26)27)19(4)29(36)41-40-14-6-2)17-39-23-11-10-20(15-22(23)31)16-33-12-8-7-9-24(33)32/h5-12,15,18-19,25-26,32H,1-2,13-14,16-17H2,3-4H3/p+1. The molecule has 2 aromatic rings. The van der Waals surface area contributed by atoms with Crippen molar-refractivity contribution in [1.82, 2.24) is 4.90 Å². The van der Waals surface area contributed by atoms with Crippen molar-refractivity contribution in [3.05, 3.63) is 88.3 Å². The minimum absolute atomic E-state index is 0.00630. The number of nitrogen functional groups attached to an aromatic ring is 1. The van der Waals surface area contributed by atoms with Crippen LogP contribution in [0.3, 0.4) is 0 Å². The lowest BCUT2D eigenvalue weighted by molar-refractivity contribution is -0.674. The van der Waals surface area contributed by atoms with Crippen LogP contribution in [0, 0.1) is 21.3 Å². The summed E-state index contributed by atoms with van der Waals surface area (Å²) < 4.78 is 14.3. The molecular formula is C30H33IN3O7+. The van der Waals surface area contributed by atoms with Crippen LogP contribution >= 0.6 is 22.6 Å². The number of fused-ring (bicyclic) bond motifs is 1. The number of rotatable bonds is 13. The Hall–Kier alpha value is -3.71. The molecule has 0 spiro atoms. The first-order valence-electron chi connectivity index (χ1n) is 13.1. The van der Waals surface area contributed by atoms with Gasteiger partial charge < -0.3 is 14.4 Å². The molecule has 0 aliphatic carbocycles. The number of esters is 1. The van der Waals surface area contributed by atoms with E-state index in [-0.39, 0.29) is 37.3 Å². The van der Waals surface area contributed by atoms with Crippen molar-refractivity contribution in [2.24, 2.45) is 17.8 Å². The molecular weight excluding hydrogens is 641 g/mol. The van der Waals surface area contributed by atoms with E-state index < -0.39 is 29.8 Å². The van der Waals surface area contributed by atoms with Gasteiger partial charge in [-0.25, -0.2) is 14.2 Å². The molecule has 2 N–H and O–H groups in total. The summed E-state index contributed by atoms with van der Waals surface area (Å²) in [5, 5.41) is 0. The Morgan fingerprint density at radius 3 is 2.63 bits per heavy atom. The zero-order valence-corrected chi connectivity index (χ0v) is 25.1. The van der Waals surface area contributed by atoms with Gasteiger partial charge >= 0.3 is 11.9 Å². The van der Waals surface area contributed by atoms with E-state index in [0.717, 1.165) is 9.13 Å². The predicted octanol–water partition coefficient (Wildman–Crippen LogP) is 3.34. The van der Waals surface area contributed by atoms with Gasteiger partial charge in [-0.3, -0.25) is 15.4 Å². The molecule has 10 nitrogen and oxygen atoms in total. The Bertz CT molecular complexity index is 1390. The topological polar surface area (TPSA) is 121 Å². The second-order valence-electron chi connectivity index (χ2n) is 9.85. The number of anilines is 1. The largest absolute Gasteiger partial charge is 0.488 e. The normalized spacial score (nSPS) is 20.1. The predicted molar refractivity (Wildman–Crippen MR) is 158 cm³/mol. The number of nitrogens with zero attached hydrogens (tertiary/aromatic N) is 2. The van der Waals surface area contributed by atoms with E-state index in [2.05, 4.69) is 35.7 Å². The highest BCUT2D eigenvalue weighted by molar-refractivity contribution is 14.1. The summed E-state index contributed by atoms with van der Waals surface area (Å²) in [6.45, 7) is 11.3. The molecule has 0 radical (unpaired) electrons. The number of hydrogen-bond donors (Lipinski definition) is 1. The minimum atomic E-state index is -0.785. The Balaban J connectivity index is 1.52. The second kappa shape index (κ2) is 13.3. The Labute approximate surface area is 252 Å². The molecule has 1 amide bonds. The van der Waals surface area contributed by atoms with E-state index in [9.17, 15) is 14.4 Å². The van der Waals surface area contributed by atoms with Gasteiger partial charge in [-0.15, -0.1) is 6.58 Å². The van der Waals surface area contributed by atoms with Gasteiger partial charge in [0.15, 0.2) is 0 Å². The highest BCUT2D eigenvalue weighted by Gasteiger charge is 2.61. The summed E-state index contributed by atoms with van der Waals surface area (Å²) >= 11 is 2.20. The molecule has 2 aliphatic rings. The number of carbonyl (C=O) groups is 3. The summed E-state index contributed by atoms with van der Waals surface area (Å²) in [6, 6.07) is 11.1. The van der Waals surface area contributed by atoms with E-state index in [1.165, 1.54) is 17.1 Å². The average Bonchev–Trinajstić information content (AvgIpc) is 3.20.